The molecule has 0 aliphatic carbocycles. The Morgan fingerprint density at radius 1 is 1.06 bits per heavy atom. The Bertz CT molecular complexity index is 197. The molecule has 2 atom stereocenters. The van der Waals surface area contributed by atoms with Crippen molar-refractivity contribution in [1.29, 1.82) is 0 Å². The first-order valence-corrected chi connectivity index (χ1v) is 11.3. The lowest BCUT2D eigenvalue weighted by molar-refractivity contribution is 0.224. The summed E-state index contributed by atoms with van der Waals surface area (Å²) in [6, 6.07) is 1.19. The maximum Gasteiger partial charge on any atom is 0.186 e. The van der Waals surface area contributed by atoms with E-state index in [-0.39, 0.29) is 0 Å². The van der Waals surface area contributed by atoms with Gasteiger partial charge in [-0.05, 0) is 44.3 Å². The second kappa shape index (κ2) is 10.3. The van der Waals surface area contributed by atoms with Crippen LogP contribution in [0.15, 0.2) is 0 Å². The second-order valence-corrected chi connectivity index (χ2v) is 11.0. The van der Waals surface area contributed by atoms with E-state index in [0.29, 0.717) is 5.38 Å². The predicted octanol–water partition coefficient (Wildman–Crippen LogP) is 5.83. The quantitative estimate of drug-likeness (QED) is 0.344. The average molecular weight is 293 g/mol. The number of hydrogen-bond acceptors (Lipinski definition) is 1. The molecule has 18 heavy (non-hydrogen) atoms. The number of rotatable bonds is 11. The minimum Gasteiger partial charge on any atom is -0.417 e. The van der Waals surface area contributed by atoms with Gasteiger partial charge in [0.2, 0.25) is 0 Å². The van der Waals surface area contributed by atoms with Gasteiger partial charge in [-0.1, -0.05) is 40.0 Å². The van der Waals surface area contributed by atoms with Gasteiger partial charge in [0, 0.05) is 12.0 Å². The molecule has 3 heteroatoms. The molecule has 0 amide bonds. The van der Waals surface area contributed by atoms with Crippen LogP contribution < -0.4 is 0 Å². The van der Waals surface area contributed by atoms with Crippen molar-refractivity contribution < 1.29 is 4.43 Å². The van der Waals surface area contributed by atoms with Crippen molar-refractivity contribution >= 4 is 19.9 Å². The highest BCUT2D eigenvalue weighted by molar-refractivity contribution is 6.71. The maximum absolute atomic E-state index is 6.25. The highest BCUT2D eigenvalue weighted by Gasteiger charge is 2.24. The number of unbranched alkanes of at least 4 members (excludes halogenated alkanes) is 1. The number of alkyl halides is 1. The molecule has 2 unspecified atom stereocenters. The van der Waals surface area contributed by atoms with E-state index < -0.39 is 8.32 Å². The van der Waals surface area contributed by atoms with E-state index in [1.165, 1.54) is 31.7 Å². The molecular formula is C15H33ClOSi. The van der Waals surface area contributed by atoms with Crippen LogP contribution in [0.5, 0.6) is 0 Å². The lowest BCUT2D eigenvalue weighted by Crippen LogP contribution is -2.33. The molecule has 0 radical (unpaired) electrons. The van der Waals surface area contributed by atoms with Crippen LogP contribution in [0, 0.1) is 5.92 Å². The van der Waals surface area contributed by atoms with Crippen molar-refractivity contribution in [2.75, 3.05) is 6.61 Å². The van der Waals surface area contributed by atoms with Gasteiger partial charge in [-0.25, -0.2) is 0 Å². The Labute approximate surface area is 121 Å². The van der Waals surface area contributed by atoms with E-state index in [0.717, 1.165) is 25.4 Å². The Morgan fingerprint density at radius 2 is 1.72 bits per heavy atom. The zero-order valence-corrected chi connectivity index (χ0v) is 14.9. The highest BCUT2D eigenvalue weighted by atomic mass is 35.5. The van der Waals surface area contributed by atoms with Crippen LogP contribution in [0.3, 0.4) is 0 Å². The van der Waals surface area contributed by atoms with E-state index in [4.69, 9.17) is 16.0 Å². The van der Waals surface area contributed by atoms with Gasteiger partial charge in [-0.2, -0.15) is 0 Å². The van der Waals surface area contributed by atoms with Crippen LogP contribution in [0.4, 0.5) is 0 Å². The minimum absolute atomic E-state index is 0.336. The SMILES string of the molecule is CCCCC(CC)CO[Si](C)(C)CCC(Cl)CC. The fourth-order valence-electron chi connectivity index (χ4n) is 2.02. The largest absolute Gasteiger partial charge is 0.417 e. The van der Waals surface area contributed by atoms with Crippen LogP contribution in [0.25, 0.3) is 0 Å². The standard InChI is InChI=1S/C15H33ClOSi/c1-6-9-10-14(7-2)13-17-18(4,5)12-11-15(16)8-3/h14-15H,6-13H2,1-5H3. The van der Waals surface area contributed by atoms with Crippen molar-refractivity contribution in [3.05, 3.63) is 0 Å². The van der Waals surface area contributed by atoms with Crippen LogP contribution in [-0.2, 0) is 4.43 Å². The third-order valence-electron chi connectivity index (χ3n) is 3.76. The molecule has 0 saturated carbocycles. The summed E-state index contributed by atoms with van der Waals surface area (Å²) in [7, 11) is -1.49. The van der Waals surface area contributed by atoms with Gasteiger partial charge in [0.1, 0.15) is 0 Å². The summed E-state index contributed by atoms with van der Waals surface area (Å²) in [4.78, 5) is 0. The summed E-state index contributed by atoms with van der Waals surface area (Å²) >= 11 is 6.20. The molecule has 0 rings (SSSR count). The predicted molar refractivity (Wildman–Crippen MR) is 86.1 cm³/mol. The first-order valence-electron chi connectivity index (χ1n) is 7.73. The van der Waals surface area contributed by atoms with E-state index >= 15 is 0 Å². The third-order valence-corrected chi connectivity index (χ3v) is 6.72. The molecule has 110 valence electrons. The Balaban J connectivity index is 3.91. The van der Waals surface area contributed by atoms with Crippen LogP contribution in [0.1, 0.15) is 59.3 Å². The average Bonchev–Trinajstić information content (AvgIpc) is 2.36. The Hall–Kier alpha value is 0.467. The fraction of sp³-hybridized carbons (Fsp3) is 1.00. The smallest absolute Gasteiger partial charge is 0.186 e. The van der Waals surface area contributed by atoms with Crippen molar-refractivity contribution in [3.8, 4) is 0 Å². The molecule has 1 nitrogen and oxygen atoms in total. The first kappa shape index (κ1) is 18.5. The number of hydrogen-bond donors (Lipinski definition) is 0. The summed E-state index contributed by atoms with van der Waals surface area (Å²) < 4.78 is 6.25. The summed E-state index contributed by atoms with van der Waals surface area (Å²) in [5.41, 5.74) is 0. The van der Waals surface area contributed by atoms with Gasteiger partial charge >= 0.3 is 0 Å². The summed E-state index contributed by atoms with van der Waals surface area (Å²) in [5.74, 6) is 0.759. The lowest BCUT2D eigenvalue weighted by atomic mass is 10.0. The van der Waals surface area contributed by atoms with Crippen molar-refractivity contribution in [2.24, 2.45) is 5.92 Å². The molecule has 0 aromatic heterocycles. The van der Waals surface area contributed by atoms with Crippen molar-refractivity contribution in [3.63, 3.8) is 0 Å². The van der Waals surface area contributed by atoms with Gasteiger partial charge in [0.25, 0.3) is 0 Å². The topological polar surface area (TPSA) is 9.23 Å². The molecule has 0 spiro atoms. The molecule has 0 aromatic carbocycles. The zero-order valence-electron chi connectivity index (χ0n) is 13.1. The van der Waals surface area contributed by atoms with Gasteiger partial charge in [0.05, 0.1) is 0 Å². The van der Waals surface area contributed by atoms with E-state index in [9.17, 15) is 0 Å². The summed E-state index contributed by atoms with van der Waals surface area (Å²) in [6.45, 7) is 12.3. The van der Waals surface area contributed by atoms with Gasteiger partial charge < -0.3 is 4.43 Å². The molecular weight excluding hydrogens is 260 g/mol. The van der Waals surface area contributed by atoms with Gasteiger partial charge in [-0.15, -0.1) is 11.6 Å². The van der Waals surface area contributed by atoms with Crippen LogP contribution in [0.2, 0.25) is 19.1 Å². The molecule has 0 aliphatic heterocycles. The Morgan fingerprint density at radius 3 is 2.22 bits per heavy atom. The molecule has 0 fully saturated rings. The van der Waals surface area contributed by atoms with E-state index in [2.05, 4.69) is 33.9 Å². The van der Waals surface area contributed by atoms with Crippen molar-refractivity contribution in [1.82, 2.24) is 0 Å². The van der Waals surface area contributed by atoms with E-state index in [1.807, 2.05) is 0 Å². The maximum atomic E-state index is 6.25. The molecule has 0 heterocycles. The fourth-order valence-corrected chi connectivity index (χ4v) is 4.19. The van der Waals surface area contributed by atoms with Crippen molar-refractivity contribution in [2.45, 2.75) is 83.8 Å². The van der Waals surface area contributed by atoms with Gasteiger partial charge in [0.15, 0.2) is 8.32 Å². The Kier molecular flexibility index (Phi) is 10.5. The molecule has 0 aliphatic rings. The lowest BCUT2D eigenvalue weighted by Gasteiger charge is -2.26. The van der Waals surface area contributed by atoms with Crippen LogP contribution in [-0.4, -0.2) is 20.3 Å². The summed E-state index contributed by atoms with van der Waals surface area (Å²) in [6.07, 6.45) is 7.39. The molecule has 0 N–H and O–H groups in total. The zero-order chi connectivity index (χ0) is 14.0. The van der Waals surface area contributed by atoms with E-state index in [1.54, 1.807) is 0 Å². The van der Waals surface area contributed by atoms with Gasteiger partial charge in [-0.3, -0.25) is 0 Å². The normalized spacial score (nSPS) is 15.7. The molecule has 0 bridgehead atoms. The molecule has 0 saturated heterocycles. The monoisotopic (exact) mass is 292 g/mol. The number of halogens is 1. The highest BCUT2D eigenvalue weighted by Crippen LogP contribution is 2.22. The second-order valence-electron chi connectivity index (χ2n) is 6.03. The third kappa shape index (κ3) is 9.40. The minimum atomic E-state index is -1.49. The molecule has 0 aromatic rings. The van der Waals surface area contributed by atoms with Crippen LogP contribution >= 0.6 is 11.6 Å². The summed E-state index contributed by atoms with van der Waals surface area (Å²) in [5, 5.41) is 0.336. The first-order chi connectivity index (χ1) is 8.45.